The number of hydrogen-bond donors (Lipinski definition) is 0. The van der Waals surface area contributed by atoms with E-state index < -0.39 is 0 Å². The molecule has 3 heteroatoms. The number of carbonyl (C=O) groups is 1. The molecule has 1 saturated heterocycles. The van der Waals surface area contributed by atoms with Crippen LogP contribution in [0, 0.1) is 0 Å². The summed E-state index contributed by atoms with van der Waals surface area (Å²) in [4.78, 5) is 17.0. The van der Waals surface area contributed by atoms with Crippen LogP contribution in [0.5, 0.6) is 0 Å². The van der Waals surface area contributed by atoms with E-state index in [0.29, 0.717) is 5.91 Å². The number of nitrogens with zero attached hydrogens (tertiary/aromatic N) is 1. The van der Waals surface area contributed by atoms with Gasteiger partial charge in [-0.3, -0.25) is 0 Å². The Morgan fingerprint density at radius 2 is 2.00 bits per heavy atom. The van der Waals surface area contributed by atoms with Crippen molar-refractivity contribution in [1.29, 1.82) is 0 Å². The summed E-state index contributed by atoms with van der Waals surface area (Å²) in [5, 5.41) is 0. The van der Waals surface area contributed by atoms with Crippen LogP contribution >= 0.6 is 0 Å². The predicted molar refractivity (Wildman–Crippen MR) is 89.9 cm³/mol. The molecule has 0 atom stereocenters. The van der Waals surface area contributed by atoms with Crippen molar-refractivity contribution in [2.24, 2.45) is 0 Å². The molecule has 2 rings (SSSR count). The van der Waals surface area contributed by atoms with Crippen LogP contribution in [0.3, 0.4) is 0 Å². The van der Waals surface area contributed by atoms with E-state index >= 15 is 0 Å². The number of benzene rings is 1. The van der Waals surface area contributed by atoms with Crippen LogP contribution in [0.25, 0.3) is 0 Å². The fraction of sp³-hybridized carbons (Fsp3) is 0.500. The predicted octanol–water partition coefficient (Wildman–Crippen LogP) is 3.10. The van der Waals surface area contributed by atoms with Crippen LogP contribution in [-0.2, 0) is 4.79 Å². The summed E-state index contributed by atoms with van der Waals surface area (Å²) in [5.41, 5.74) is 1.05. The third kappa shape index (κ3) is 5.33. The second-order valence-corrected chi connectivity index (χ2v) is 7.51. The standard InChI is InChI=1S/C18H25NOSe/c1-2-3-13-19-14-9-5-6-10-16(18(19)20)15-21-17-11-7-4-8-12-17/h4,7-8,11-12,15H,2-3,5-6,9-10,13-14H2,1H3/b16-15-. The average Bonchev–Trinajstić information content (AvgIpc) is 2.51. The molecule has 2 nitrogen and oxygen atoms in total. The van der Waals surface area contributed by atoms with E-state index in [2.05, 4.69) is 41.1 Å². The monoisotopic (exact) mass is 351 g/mol. The Labute approximate surface area is 134 Å². The first kappa shape index (κ1) is 16.3. The van der Waals surface area contributed by atoms with Crippen molar-refractivity contribution in [3.8, 4) is 0 Å². The topological polar surface area (TPSA) is 20.3 Å². The summed E-state index contributed by atoms with van der Waals surface area (Å²) in [6.45, 7) is 4.04. The first-order valence-corrected chi connectivity index (χ1v) is 9.86. The van der Waals surface area contributed by atoms with Gasteiger partial charge in [-0.25, -0.2) is 0 Å². The normalized spacial score (nSPS) is 18.6. The van der Waals surface area contributed by atoms with Gasteiger partial charge in [0.05, 0.1) is 0 Å². The Kier molecular flexibility index (Phi) is 7.05. The summed E-state index contributed by atoms with van der Waals surface area (Å²) >= 11 is 0.266. The maximum atomic E-state index is 12.7. The van der Waals surface area contributed by atoms with Crippen LogP contribution < -0.4 is 4.46 Å². The Morgan fingerprint density at radius 3 is 2.76 bits per heavy atom. The molecule has 0 bridgehead atoms. The second-order valence-electron chi connectivity index (χ2n) is 5.53. The van der Waals surface area contributed by atoms with E-state index in [4.69, 9.17) is 0 Å². The van der Waals surface area contributed by atoms with Gasteiger partial charge in [-0.2, -0.15) is 0 Å². The molecule has 1 aromatic carbocycles. The van der Waals surface area contributed by atoms with Gasteiger partial charge in [-0.05, 0) is 0 Å². The number of unbranched alkanes of at least 4 members (excludes halogenated alkanes) is 1. The molecule has 1 aliphatic heterocycles. The zero-order valence-electron chi connectivity index (χ0n) is 12.9. The van der Waals surface area contributed by atoms with Crippen LogP contribution in [-0.4, -0.2) is 38.9 Å². The van der Waals surface area contributed by atoms with Crippen LogP contribution in [0.4, 0.5) is 0 Å². The molecule has 114 valence electrons. The van der Waals surface area contributed by atoms with E-state index in [9.17, 15) is 4.79 Å². The molecule has 0 saturated carbocycles. The van der Waals surface area contributed by atoms with Crippen molar-refractivity contribution in [2.75, 3.05) is 13.1 Å². The zero-order valence-corrected chi connectivity index (χ0v) is 14.6. The minimum absolute atomic E-state index is 0.266. The number of rotatable bonds is 5. The number of amides is 1. The Balaban J connectivity index is 2.05. The van der Waals surface area contributed by atoms with E-state index in [1.807, 2.05) is 6.07 Å². The molecular weight excluding hydrogens is 325 g/mol. The average molecular weight is 350 g/mol. The molecule has 1 fully saturated rings. The van der Waals surface area contributed by atoms with E-state index in [1.54, 1.807) is 0 Å². The Morgan fingerprint density at radius 1 is 1.19 bits per heavy atom. The van der Waals surface area contributed by atoms with Crippen molar-refractivity contribution in [3.63, 3.8) is 0 Å². The molecule has 0 radical (unpaired) electrons. The van der Waals surface area contributed by atoms with E-state index in [1.165, 1.54) is 10.9 Å². The number of likely N-dealkylation sites (tertiary alicyclic amines) is 1. The van der Waals surface area contributed by atoms with Crippen LogP contribution in [0.2, 0.25) is 0 Å². The summed E-state index contributed by atoms with van der Waals surface area (Å²) in [7, 11) is 0. The quantitative estimate of drug-likeness (QED) is 0.590. The summed E-state index contributed by atoms with van der Waals surface area (Å²) in [5.74, 6) is 0.293. The van der Waals surface area contributed by atoms with Crippen molar-refractivity contribution >= 4 is 25.3 Å². The van der Waals surface area contributed by atoms with Crippen molar-refractivity contribution in [2.45, 2.75) is 45.4 Å². The molecule has 0 N–H and O–H groups in total. The van der Waals surface area contributed by atoms with Gasteiger partial charge < -0.3 is 0 Å². The first-order valence-electron chi connectivity index (χ1n) is 8.01. The van der Waals surface area contributed by atoms with Gasteiger partial charge in [0.25, 0.3) is 0 Å². The van der Waals surface area contributed by atoms with Crippen LogP contribution in [0.1, 0.15) is 45.4 Å². The molecular formula is C18H25NOSe. The first-order chi connectivity index (χ1) is 10.3. The van der Waals surface area contributed by atoms with Gasteiger partial charge in [0.1, 0.15) is 0 Å². The van der Waals surface area contributed by atoms with E-state index in [0.717, 1.165) is 50.8 Å². The number of carbonyl (C=O) groups excluding carboxylic acids is 1. The maximum absolute atomic E-state index is 12.7. The molecule has 0 unspecified atom stereocenters. The zero-order chi connectivity index (χ0) is 14.9. The molecule has 0 aromatic heterocycles. The van der Waals surface area contributed by atoms with Gasteiger partial charge in [-0.15, -0.1) is 0 Å². The molecule has 1 heterocycles. The van der Waals surface area contributed by atoms with Gasteiger partial charge in [0, 0.05) is 0 Å². The molecule has 21 heavy (non-hydrogen) atoms. The van der Waals surface area contributed by atoms with Crippen LogP contribution in [0.15, 0.2) is 40.9 Å². The minimum atomic E-state index is 0.266. The molecule has 1 aliphatic rings. The molecule has 0 aliphatic carbocycles. The molecule has 1 aromatic rings. The molecule has 0 spiro atoms. The summed E-state index contributed by atoms with van der Waals surface area (Å²) in [6.07, 6.45) is 6.78. The van der Waals surface area contributed by atoms with Crippen molar-refractivity contribution in [3.05, 3.63) is 40.9 Å². The SMILES string of the molecule is CCCCN1CCCCC/C(=C/[Se]c2ccccc2)C1=O. The van der Waals surface area contributed by atoms with Gasteiger partial charge in [0.2, 0.25) is 0 Å². The molecule has 1 amide bonds. The van der Waals surface area contributed by atoms with Crippen molar-refractivity contribution in [1.82, 2.24) is 4.90 Å². The third-order valence-electron chi connectivity index (χ3n) is 3.80. The summed E-state index contributed by atoms with van der Waals surface area (Å²) in [6, 6.07) is 10.5. The van der Waals surface area contributed by atoms with E-state index in [-0.39, 0.29) is 15.0 Å². The van der Waals surface area contributed by atoms with Gasteiger partial charge in [0.15, 0.2) is 0 Å². The van der Waals surface area contributed by atoms with Crippen molar-refractivity contribution < 1.29 is 4.79 Å². The Hall–Kier alpha value is -1.05. The van der Waals surface area contributed by atoms with Gasteiger partial charge >= 0.3 is 134 Å². The Bertz CT molecular complexity index is 467. The fourth-order valence-corrected chi connectivity index (χ4v) is 4.22. The fourth-order valence-electron chi connectivity index (χ4n) is 2.52. The second kappa shape index (κ2) is 9.07. The third-order valence-corrected chi connectivity index (χ3v) is 5.78. The number of hydrogen-bond acceptors (Lipinski definition) is 1. The van der Waals surface area contributed by atoms with Gasteiger partial charge in [-0.1, -0.05) is 0 Å². The summed E-state index contributed by atoms with van der Waals surface area (Å²) < 4.78 is 1.34.